The fourth-order valence-corrected chi connectivity index (χ4v) is 2.01. The summed E-state index contributed by atoms with van der Waals surface area (Å²) in [5.41, 5.74) is 8.04. The standard InChI is InChI=1S/C14H16N2O3/c1-8-4-11(18-2)12(19-3)7-10(8)9-5-13(15)16-14(17)6-9/h4-7H,1-3H3,(H3,15,16,17). The zero-order valence-electron chi connectivity index (χ0n) is 11.1. The van der Waals surface area contributed by atoms with Crippen LogP contribution in [0.15, 0.2) is 29.1 Å². The van der Waals surface area contributed by atoms with E-state index in [1.54, 1.807) is 20.3 Å². The molecule has 3 N–H and O–H groups in total. The number of benzene rings is 1. The molecule has 100 valence electrons. The lowest BCUT2D eigenvalue weighted by atomic mass is 10.0. The Bertz CT molecular complexity index is 662. The molecule has 19 heavy (non-hydrogen) atoms. The van der Waals surface area contributed by atoms with Crippen LogP contribution in [0.2, 0.25) is 0 Å². The number of hydrogen-bond donors (Lipinski definition) is 2. The zero-order valence-corrected chi connectivity index (χ0v) is 11.1. The van der Waals surface area contributed by atoms with Gasteiger partial charge in [-0.05, 0) is 41.8 Å². The molecule has 0 unspecified atom stereocenters. The molecule has 0 atom stereocenters. The third-order valence-corrected chi connectivity index (χ3v) is 2.91. The van der Waals surface area contributed by atoms with E-state index in [1.807, 2.05) is 19.1 Å². The van der Waals surface area contributed by atoms with Crippen molar-refractivity contribution >= 4 is 5.82 Å². The van der Waals surface area contributed by atoms with Crippen molar-refractivity contribution in [2.24, 2.45) is 0 Å². The van der Waals surface area contributed by atoms with E-state index >= 15 is 0 Å². The second kappa shape index (κ2) is 5.06. The summed E-state index contributed by atoms with van der Waals surface area (Å²) in [6.45, 7) is 1.94. The van der Waals surface area contributed by atoms with Crippen LogP contribution in [0, 0.1) is 6.92 Å². The molecule has 0 bridgehead atoms. The van der Waals surface area contributed by atoms with Gasteiger partial charge < -0.3 is 20.2 Å². The average molecular weight is 260 g/mol. The van der Waals surface area contributed by atoms with Crippen molar-refractivity contribution in [3.63, 3.8) is 0 Å². The lowest BCUT2D eigenvalue weighted by Gasteiger charge is -2.13. The number of hydrogen-bond acceptors (Lipinski definition) is 4. The molecule has 1 aromatic carbocycles. The molecule has 2 rings (SSSR count). The summed E-state index contributed by atoms with van der Waals surface area (Å²) >= 11 is 0. The molecule has 5 nitrogen and oxygen atoms in total. The van der Waals surface area contributed by atoms with Crippen LogP contribution in [-0.2, 0) is 0 Å². The highest BCUT2D eigenvalue weighted by Crippen LogP contribution is 2.35. The molecule has 1 heterocycles. The number of aromatic amines is 1. The first-order valence-corrected chi connectivity index (χ1v) is 5.78. The zero-order chi connectivity index (χ0) is 14.0. The summed E-state index contributed by atoms with van der Waals surface area (Å²) in [7, 11) is 3.16. The number of rotatable bonds is 3. The van der Waals surface area contributed by atoms with Crippen LogP contribution in [0.5, 0.6) is 11.5 Å². The van der Waals surface area contributed by atoms with Gasteiger partial charge in [0, 0.05) is 6.07 Å². The van der Waals surface area contributed by atoms with Crippen LogP contribution in [0.3, 0.4) is 0 Å². The first-order valence-electron chi connectivity index (χ1n) is 5.78. The lowest BCUT2D eigenvalue weighted by molar-refractivity contribution is 0.355. The molecule has 0 spiro atoms. The van der Waals surface area contributed by atoms with Gasteiger partial charge in [-0.25, -0.2) is 0 Å². The maximum Gasteiger partial charge on any atom is 0.250 e. The highest BCUT2D eigenvalue weighted by atomic mass is 16.5. The molecule has 1 aromatic heterocycles. The van der Waals surface area contributed by atoms with Crippen molar-refractivity contribution in [1.82, 2.24) is 4.98 Å². The predicted octanol–water partition coefficient (Wildman–Crippen LogP) is 1.95. The van der Waals surface area contributed by atoms with Gasteiger partial charge in [0.25, 0.3) is 0 Å². The Balaban J connectivity index is 2.64. The van der Waals surface area contributed by atoms with E-state index in [0.717, 1.165) is 16.7 Å². The lowest BCUT2D eigenvalue weighted by Crippen LogP contribution is -2.07. The highest BCUT2D eigenvalue weighted by Gasteiger charge is 2.11. The van der Waals surface area contributed by atoms with Crippen molar-refractivity contribution in [3.8, 4) is 22.6 Å². The Labute approximate surface area is 111 Å². The van der Waals surface area contributed by atoms with Crippen molar-refractivity contribution in [1.29, 1.82) is 0 Å². The van der Waals surface area contributed by atoms with E-state index in [9.17, 15) is 4.79 Å². The van der Waals surface area contributed by atoms with Crippen LogP contribution in [-0.4, -0.2) is 19.2 Å². The van der Waals surface area contributed by atoms with E-state index in [-0.39, 0.29) is 5.56 Å². The molecule has 5 heteroatoms. The molecule has 0 amide bonds. The largest absolute Gasteiger partial charge is 0.493 e. The van der Waals surface area contributed by atoms with E-state index in [2.05, 4.69) is 4.98 Å². The Morgan fingerprint density at radius 3 is 2.26 bits per heavy atom. The summed E-state index contributed by atoms with van der Waals surface area (Å²) < 4.78 is 10.5. The summed E-state index contributed by atoms with van der Waals surface area (Å²) in [5, 5.41) is 0. The number of aryl methyl sites for hydroxylation is 1. The minimum absolute atomic E-state index is 0.232. The van der Waals surface area contributed by atoms with Crippen LogP contribution in [0.25, 0.3) is 11.1 Å². The van der Waals surface area contributed by atoms with E-state index in [4.69, 9.17) is 15.2 Å². The number of H-pyrrole nitrogens is 1. The van der Waals surface area contributed by atoms with Gasteiger partial charge in [0.1, 0.15) is 5.82 Å². The van der Waals surface area contributed by atoms with Crippen LogP contribution in [0.4, 0.5) is 5.82 Å². The second-order valence-electron chi connectivity index (χ2n) is 4.21. The maximum absolute atomic E-state index is 11.5. The summed E-state index contributed by atoms with van der Waals surface area (Å²) in [6, 6.07) is 6.92. The number of aromatic nitrogens is 1. The summed E-state index contributed by atoms with van der Waals surface area (Å²) in [4.78, 5) is 14.0. The number of anilines is 1. The fourth-order valence-electron chi connectivity index (χ4n) is 2.01. The number of pyridine rings is 1. The molecule has 2 aromatic rings. The average Bonchev–Trinajstić information content (AvgIpc) is 2.37. The minimum Gasteiger partial charge on any atom is -0.493 e. The summed E-state index contributed by atoms with van der Waals surface area (Å²) in [5.74, 6) is 1.60. The van der Waals surface area contributed by atoms with E-state index < -0.39 is 0 Å². The monoisotopic (exact) mass is 260 g/mol. The van der Waals surface area contributed by atoms with Gasteiger partial charge in [0.2, 0.25) is 5.56 Å². The van der Waals surface area contributed by atoms with Crippen molar-refractivity contribution in [2.45, 2.75) is 6.92 Å². The van der Waals surface area contributed by atoms with Crippen LogP contribution < -0.4 is 20.8 Å². The van der Waals surface area contributed by atoms with Crippen LogP contribution >= 0.6 is 0 Å². The molecule has 0 aliphatic carbocycles. The normalized spacial score (nSPS) is 10.3. The molecule has 0 saturated carbocycles. The van der Waals surface area contributed by atoms with Gasteiger partial charge >= 0.3 is 0 Å². The molecule has 0 saturated heterocycles. The highest BCUT2D eigenvalue weighted by molar-refractivity contribution is 5.72. The van der Waals surface area contributed by atoms with Crippen molar-refractivity contribution in [2.75, 3.05) is 20.0 Å². The maximum atomic E-state index is 11.5. The molecular formula is C14H16N2O3. The molecular weight excluding hydrogens is 244 g/mol. The topological polar surface area (TPSA) is 77.3 Å². The van der Waals surface area contributed by atoms with Gasteiger partial charge in [-0.2, -0.15) is 0 Å². The Morgan fingerprint density at radius 1 is 1.05 bits per heavy atom. The Morgan fingerprint density at radius 2 is 1.68 bits per heavy atom. The number of nitrogens with one attached hydrogen (secondary N) is 1. The van der Waals surface area contributed by atoms with Crippen molar-refractivity contribution < 1.29 is 9.47 Å². The predicted molar refractivity (Wildman–Crippen MR) is 74.8 cm³/mol. The second-order valence-corrected chi connectivity index (χ2v) is 4.21. The first-order chi connectivity index (χ1) is 9.05. The third-order valence-electron chi connectivity index (χ3n) is 2.91. The van der Waals surface area contributed by atoms with Crippen LogP contribution in [0.1, 0.15) is 5.56 Å². The van der Waals surface area contributed by atoms with Gasteiger partial charge in [-0.15, -0.1) is 0 Å². The number of nitrogen functional groups attached to an aromatic ring is 1. The minimum atomic E-state index is -0.232. The van der Waals surface area contributed by atoms with Gasteiger partial charge in [-0.3, -0.25) is 4.79 Å². The third kappa shape index (κ3) is 2.54. The summed E-state index contributed by atoms with van der Waals surface area (Å²) in [6.07, 6.45) is 0. The smallest absolute Gasteiger partial charge is 0.250 e. The van der Waals surface area contributed by atoms with E-state index in [1.165, 1.54) is 6.07 Å². The fraction of sp³-hybridized carbons (Fsp3) is 0.214. The molecule has 0 aliphatic heterocycles. The Hall–Kier alpha value is -2.43. The van der Waals surface area contributed by atoms with Crippen molar-refractivity contribution in [3.05, 3.63) is 40.2 Å². The quantitative estimate of drug-likeness (QED) is 0.884. The van der Waals surface area contributed by atoms with E-state index in [0.29, 0.717) is 17.3 Å². The van der Waals surface area contributed by atoms with Gasteiger partial charge in [-0.1, -0.05) is 0 Å². The Kier molecular flexibility index (Phi) is 3.46. The molecule has 0 fully saturated rings. The number of nitrogens with two attached hydrogens (primary N) is 1. The molecule has 0 radical (unpaired) electrons. The SMILES string of the molecule is COc1cc(C)c(-c2cc(N)[nH]c(=O)c2)cc1OC. The number of ether oxygens (including phenoxy) is 2. The first kappa shape index (κ1) is 13.0. The van der Waals surface area contributed by atoms with Gasteiger partial charge in [0.15, 0.2) is 11.5 Å². The van der Waals surface area contributed by atoms with Gasteiger partial charge in [0.05, 0.1) is 14.2 Å². The molecule has 0 aliphatic rings. The number of methoxy groups -OCH3 is 2.